The van der Waals surface area contributed by atoms with E-state index in [-0.39, 0.29) is 6.61 Å². The first-order valence-corrected chi connectivity index (χ1v) is 7.75. The fraction of sp³-hybridized carbons (Fsp3) is 0.471. The predicted molar refractivity (Wildman–Crippen MR) is 81.8 cm³/mol. The van der Waals surface area contributed by atoms with E-state index in [1.165, 1.54) is 12.8 Å². The zero-order chi connectivity index (χ0) is 14.5. The highest BCUT2D eigenvalue weighted by atomic mass is 16.5. The van der Waals surface area contributed by atoms with Gasteiger partial charge in [0.05, 0.1) is 6.04 Å². The Bertz CT molecular complexity index is 553. The lowest BCUT2D eigenvalue weighted by molar-refractivity contribution is 0.113. The van der Waals surface area contributed by atoms with Crippen molar-refractivity contribution >= 4 is 0 Å². The molecule has 0 bridgehead atoms. The number of hydrogen-bond acceptors (Lipinski definition) is 4. The van der Waals surface area contributed by atoms with Crippen LogP contribution in [0.25, 0.3) is 11.3 Å². The molecule has 1 fully saturated rings. The number of aliphatic hydroxyl groups excluding tert-OH is 1. The van der Waals surface area contributed by atoms with Gasteiger partial charge in [-0.05, 0) is 25.8 Å². The van der Waals surface area contributed by atoms with Crippen LogP contribution in [0.2, 0.25) is 0 Å². The average Bonchev–Trinajstić information content (AvgIpc) is 3.04. The highest BCUT2D eigenvalue weighted by Gasteiger charge is 2.27. The molecule has 2 aromatic rings. The maximum absolute atomic E-state index is 9.04. The van der Waals surface area contributed by atoms with Gasteiger partial charge < -0.3 is 9.63 Å². The Kier molecular flexibility index (Phi) is 4.68. The molecule has 0 spiro atoms. The number of nitrogens with zero attached hydrogens (tertiary/aromatic N) is 2. The summed E-state index contributed by atoms with van der Waals surface area (Å²) in [6, 6.07) is 12.5. The van der Waals surface area contributed by atoms with E-state index in [0.717, 1.165) is 42.9 Å². The molecule has 0 amide bonds. The van der Waals surface area contributed by atoms with Crippen LogP contribution in [-0.4, -0.2) is 34.9 Å². The molecular formula is C17H22N2O2. The summed E-state index contributed by atoms with van der Waals surface area (Å²) in [6.07, 6.45) is 4.37. The van der Waals surface area contributed by atoms with Gasteiger partial charge in [-0.3, -0.25) is 4.90 Å². The van der Waals surface area contributed by atoms with Crippen LogP contribution in [0.15, 0.2) is 40.9 Å². The zero-order valence-electron chi connectivity index (χ0n) is 12.2. The normalized spacial score (nSPS) is 19.8. The maximum atomic E-state index is 9.04. The molecule has 4 nitrogen and oxygen atoms in total. The summed E-state index contributed by atoms with van der Waals surface area (Å²) in [5.74, 6) is 0.950. The number of piperidine rings is 1. The molecule has 1 unspecified atom stereocenters. The molecular weight excluding hydrogens is 264 g/mol. The molecule has 1 N–H and O–H groups in total. The molecule has 21 heavy (non-hydrogen) atoms. The van der Waals surface area contributed by atoms with Crippen molar-refractivity contribution < 1.29 is 9.63 Å². The lowest BCUT2D eigenvalue weighted by Crippen LogP contribution is -2.34. The van der Waals surface area contributed by atoms with Gasteiger partial charge in [-0.15, -0.1) is 0 Å². The van der Waals surface area contributed by atoms with Gasteiger partial charge in [-0.25, -0.2) is 0 Å². The van der Waals surface area contributed by atoms with Gasteiger partial charge in [0.2, 0.25) is 0 Å². The Labute approximate surface area is 125 Å². The maximum Gasteiger partial charge on any atom is 0.154 e. The summed E-state index contributed by atoms with van der Waals surface area (Å²) in [5, 5.41) is 13.3. The first-order valence-electron chi connectivity index (χ1n) is 7.75. The standard InChI is InChI=1S/C17H22N2O2/c20-12-6-11-19-10-5-4-9-16(19)17-13-15(18-21-17)14-7-2-1-3-8-14/h1-3,7-8,13,16,20H,4-6,9-12H2. The van der Waals surface area contributed by atoms with Gasteiger partial charge in [0.25, 0.3) is 0 Å². The number of rotatable bonds is 5. The van der Waals surface area contributed by atoms with Crippen LogP contribution >= 0.6 is 0 Å². The summed E-state index contributed by atoms with van der Waals surface area (Å²) < 4.78 is 5.61. The largest absolute Gasteiger partial charge is 0.396 e. The van der Waals surface area contributed by atoms with E-state index >= 15 is 0 Å². The van der Waals surface area contributed by atoms with Crippen molar-refractivity contribution in [1.29, 1.82) is 0 Å². The molecule has 1 aromatic carbocycles. The molecule has 1 atom stereocenters. The summed E-state index contributed by atoms with van der Waals surface area (Å²) in [5.41, 5.74) is 1.99. The topological polar surface area (TPSA) is 49.5 Å². The Morgan fingerprint density at radius 2 is 2.10 bits per heavy atom. The van der Waals surface area contributed by atoms with Crippen LogP contribution in [0.3, 0.4) is 0 Å². The van der Waals surface area contributed by atoms with Gasteiger partial charge >= 0.3 is 0 Å². The van der Waals surface area contributed by atoms with Crippen molar-refractivity contribution in [3.63, 3.8) is 0 Å². The van der Waals surface area contributed by atoms with Crippen molar-refractivity contribution in [2.75, 3.05) is 19.7 Å². The summed E-state index contributed by atoms with van der Waals surface area (Å²) >= 11 is 0. The molecule has 0 saturated carbocycles. The van der Waals surface area contributed by atoms with Gasteiger partial charge in [-0.1, -0.05) is 41.9 Å². The minimum atomic E-state index is 0.245. The second-order valence-corrected chi connectivity index (χ2v) is 5.61. The van der Waals surface area contributed by atoms with E-state index in [2.05, 4.69) is 16.1 Å². The molecule has 112 valence electrons. The van der Waals surface area contributed by atoms with Crippen LogP contribution in [0.5, 0.6) is 0 Å². The van der Waals surface area contributed by atoms with Crippen molar-refractivity contribution in [3.05, 3.63) is 42.2 Å². The Morgan fingerprint density at radius 3 is 2.90 bits per heavy atom. The van der Waals surface area contributed by atoms with Gasteiger partial charge in [0.1, 0.15) is 5.69 Å². The van der Waals surface area contributed by atoms with Gasteiger partial charge in [0.15, 0.2) is 5.76 Å². The van der Waals surface area contributed by atoms with Crippen LogP contribution in [0, 0.1) is 0 Å². The van der Waals surface area contributed by atoms with Gasteiger partial charge in [0, 0.05) is 24.8 Å². The van der Waals surface area contributed by atoms with Crippen molar-refractivity contribution in [1.82, 2.24) is 10.1 Å². The summed E-state index contributed by atoms with van der Waals surface area (Å²) in [4.78, 5) is 2.41. The minimum Gasteiger partial charge on any atom is -0.396 e. The van der Waals surface area contributed by atoms with Crippen LogP contribution in [0.4, 0.5) is 0 Å². The fourth-order valence-corrected chi connectivity index (χ4v) is 3.05. The molecule has 0 radical (unpaired) electrons. The lowest BCUT2D eigenvalue weighted by Gasteiger charge is -2.33. The van der Waals surface area contributed by atoms with Gasteiger partial charge in [-0.2, -0.15) is 0 Å². The quantitative estimate of drug-likeness (QED) is 0.916. The van der Waals surface area contributed by atoms with Crippen LogP contribution < -0.4 is 0 Å². The lowest BCUT2D eigenvalue weighted by atomic mass is 9.99. The Morgan fingerprint density at radius 1 is 1.24 bits per heavy atom. The third-order valence-electron chi connectivity index (χ3n) is 4.14. The predicted octanol–water partition coefficient (Wildman–Crippen LogP) is 3.25. The number of hydrogen-bond donors (Lipinski definition) is 1. The second kappa shape index (κ2) is 6.87. The molecule has 4 heteroatoms. The highest BCUT2D eigenvalue weighted by Crippen LogP contribution is 2.33. The minimum absolute atomic E-state index is 0.245. The van der Waals surface area contributed by atoms with E-state index in [1.54, 1.807) is 0 Å². The van der Waals surface area contributed by atoms with E-state index in [1.807, 2.05) is 30.3 Å². The second-order valence-electron chi connectivity index (χ2n) is 5.61. The smallest absolute Gasteiger partial charge is 0.154 e. The molecule has 1 aliphatic rings. The molecule has 1 aliphatic heterocycles. The van der Waals surface area contributed by atoms with Crippen molar-refractivity contribution in [2.45, 2.75) is 31.7 Å². The first-order chi connectivity index (χ1) is 10.4. The third kappa shape index (κ3) is 3.34. The van der Waals surface area contributed by atoms with E-state index in [4.69, 9.17) is 9.63 Å². The van der Waals surface area contributed by atoms with Crippen molar-refractivity contribution in [3.8, 4) is 11.3 Å². The van der Waals surface area contributed by atoms with Crippen LogP contribution in [0.1, 0.15) is 37.5 Å². The zero-order valence-corrected chi connectivity index (χ0v) is 12.2. The monoisotopic (exact) mass is 286 g/mol. The van der Waals surface area contributed by atoms with E-state index in [0.29, 0.717) is 6.04 Å². The average molecular weight is 286 g/mol. The fourth-order valence-electron chi connectivity index (χ4n) is 3.05. The molecule has 3 rings (SSSR count). The number of likely N-dealkylation sites (tertiary alicyclic amines) is 1. The van der Waals surface area contributed by atoms with E-state index in [9.17, 15) is 0 Å². The molecule has 2 heterocycles. The number of aliphatic hydroxyl groups is 1. The first kappa shape index (κ1) is 14.3. The molecule has 1 aromatic heterocycles. The molecule has 0 aliphatic carbocycles. The Balaban J connectivity index is 1.77. The highest BCUT2D eigenvalue weighted by molar-refractivity contribution is 5.58. The van der Waals surface area contributed by atoms with E-state index < -0.39 is 0 Å². The number of benzene rings is 1. The van der Waals surface area contributed by atoms with Crippen molar-refractivity contribution in [2.24, 2.45) is 0 Å². The summed E-state index contributed by atoms with van der Waals surface area (Å²) in [6.45, 7) is 2.24. The summed E-state index contributed by atoms with van der Waals surface area (Å²) in [7, 11) is 0. The third-order valence-corrected chi connectivity index (χ3v) is 4.14. The molecule has 1 saturated heterocycles. The number of aromatic nitrogens is 1. The SMILES string of the molecule is OCCCN1CCCCC1c1cc(-c2ccccc2)no1. The van der Waals surface area contributed by atoms with Crippen LogP contribution in [-0.2, 0) is 0 Å². The Hall–Kier alpha value is -1.65.